The molecule has 0 saturated heterocycles. The van der Waals surface area contributed by atoms with E-state index in [2.05, 4.69) is 10.6 Å². The van der Waals surface area contributed by atoms with Crippen molar-refractivity contribution < 1.29 is 14.3 Å². The number of nitrogens with one attached hydrogen (secondary N) is 2. The van der Waals surface area contributed by atoms with E-state index in [0.29, 0.717) is 22.9 Å². The molecule has 0 aliphatic carbocycles. The van der Waals surface area contributed by atoms with E-state index in [4.69, 9.17) is 9.47 Å². The first-order valence-electron chi connectivity index (χ1n) is 7.96. The van der Waals surface area contributed by atoms with E-state index in [1.165, 1.54) is 13.3 Å². The van der Waals surface area contributed by atoms with Crippen molar-refractivity contribution in [3.05, 3.63) is 59.3 Å². The molecule has 0 aromatic heterocycles. The van der Waals surface area contributed by atoms with Gasteiger partial charge in [-0.3, -0.25) is 4.79 Å². The van der Waals surface area contributed by atoms with Crippen LogP contribution < -0.4 is 20.1 Å². The molecule has 0 spiro atoms. The minimum absolute atomic E-state index is 0.0721. The van der Waals surface area contributed by atoms with E-state index >= 15 is 0 Å². The zero-order valence-electron chi connectivity index (χ0n) is 15.2. The number of hydrogen-bond acceptors (Lipinski definition) is 5. The highest BCUT2D eigenvalue weighted by molar-refractivity contribution is 6.07. The Morgan fingerprint density at radius 1 is 1.00 bits per heavy atom. The summed E-state index contributed by atoms with van der Waals surface area (Å²) < 4.78 is 10.5. The second kappa shape index (κ2) is 8.58. The SMILES string of the molecule is COc1ccc(C)cc1N/C=C(/C#N)C(=O)Nc1cc(C)ccc1OC. The van der Waals surface area contributed by atoms with Gasteiger partial charge >= 0.3 is 0 Å². The van der Waals surface area contributed by atoms with Crippen LogP contribution in [0.25, 0.3) is 0 Å². The van der Waals surface area contributed by atoms with Crippen molar-refractivity contribution in [2.45, 2.75) is 13.8 Å². The molecular formula is C20H21N3O3. The van der Waals surface area contributed by atoms with Gasteiger partial charge in [0.05, 0.1) is 25.6 Å². The van der Waals surface area contributed by atoms with Gasteiger partial charge in [-0.05, 0) is 49.2 Å². The smallest absolute Gasteiger partial charge is 0.267 e. The third kappa shape index (κ3) is 4.54. The summed E-state index contributed by atoms with van der Waals surface area (Å²) in [5, 5.41) is 15.0. The van der Waals surface area contributed by atoms with Crippen molar-refractivity contribution in [2.75, 3.05) is 24.9 Å². The molecule has 0 saturated carbocycles. The van der Waals surface area contributed by atoms with Gasteiger partial charge in [-0.2, -0.15) is 5.26 Å². The van der Waals surface area contributed by atoms with Crippen molar-refractivity contribution in [1.29, 1.82) is 5.26 Å². The van der Waals surface area contributed by atoms with Gasteiger partial charge in [-0.25, -0.2) is 0 Å². The zero-order valence-corrected chi connectivity index (χ0v) is 15.2. The first-order valence-corrected chi connectivity index (χ1v) is 7.96. The Labute approximate surface area is 153 Å². The topological polar surface area (TPSA) is 83.4 Å². The van der Waals surface area contributed by atoms with E-state index in [0.717, 1.165) is 11.1 Å². The monoisotopic (exact) mass is 351 g/mol. The quantitative estimate of drug-likeness (QED) is 0.611. The van der Waals surface area contributed by atoms with E-state index in [1.807, 2.05) is 44.2 Å². The molecule has 0 radical (unpaired) electrons. The van der Waals surface area contributed by atoms with Gasteiger partial charge in [-0.1, -0.05) is 12.1 Å². The van der Waals surface area contributed by atoms with Crippen LogP contribution in [0.3, 0.4) is 0 Å². The van der Waals surface area contributed by atoms with Gasteiger partial charge in [0, 0.05) is 6.20 Å². The average molecular weight is 351 g/mol. The Hall–Kier alpha value is -3.46. The van der Waals surface area contributed by atoms with Crippen LogP contribution in [0, 0.1) is 25.2 Å². The number of rotatable bonds is 6. The summed E-state index contributed by atoms with van der Waals surface area (Å²) in [5.74, 6) is 0.606. The van der Waals surface area contributed by atoms with Crippen LogP contribution in [0.15, 0.2) is 48.2 Å². The highest BCUT2D eigenvalue weighted by Gasteiger charge is 2.13. The highest BCUT2D eigenvalue weighted by atomic mass is 16.5. The second-order valence-electron chi connectivity index (χ2n) is 5.68. The van der Waals surface area contributed by atoms with Gasteiger partial charge in [0.25, 0.3) is 5.91 Å². The Bertz CT molecular complexity index is 882. The van der Waals surface area contributed by atoms with Crippen LogP contribution in [-0.4, -0.2) is 20.1 Å². The maximum Gasteiger partial charge on any atom is 0.267 e. The molecule has 0 aliphatic heterocycles. The summed E-state index contributed by atoms with van der Waals surface area (Å²) in [6.45, 7) is 3.85. The lowest BCUT2D eigenvalue weighted by Gasteiger charge is -2.11. The number of benzene rings is 2. The van der Waals surface area contributed by atoms with Crippen LogP contribution >= 0.6 is 0 Å². The first-order chi connectivity index (χ1) is 12.5. The van der Waals surface area contributed by atoms with E-state index in [9.17, 15) is 10.1 Å². The lowest BCUT2D eigenvalue weighted by molar-refractivity contribution is -0.112. The summed E-state index contributed by atoms with van der Waals surface area (Å²) in [7, 11) is 3.08. The van der Waals surface area contributed by atoms with Crippen molar-refractivity contribution in [3.63, 3.8) is 0 Å². The van der Waals surface area contributed by atoms with Crippen LogP contribution in [0.2, 0.25) is 0 Å². The Morgan fingerprint density at radius 3 is 2.08 bits per heavy atom. The van der Waals surface area contributed by atoms with Crippen LogP contribution in [-0.2, 0) is 4.79 Å². The largest absolute Gasteiger partial charge is 0.495 e. The van der Waals surface area contributed by atoms with E-state index in [-0.39, 0.29) is 5.57 Å². The Kier molecular flexibility index (Phi) is 6.23. The minimum atomic E-state index is -0.532. The minimum Gasteiger partial charge on any atom is -0.495 e. The second-order valence-corrected chi connectivity index (χ2v) is 5.68. The third-order valence-corrected chi connectivity index (χ3v) is 3.70. The molecule has 0 bridgehead atoms. The maximum atomic E-state index is 12.4. The number of methoxy groups -OCH3 is 2. The Balaban J connectivity index is 2.22. The number of nitrogens with zero attached hydrogens (tertiary/aromatic N) is 1. The third-order valence-electron chi connectivity index (χ3n) is 3.70. The molecule has 26 heavy (non-hydrogen) atoms. The first kappa shape index (κ1) is 18.9. The molecule has 0 atom stereocenters. The molecular weight excluding hydrogens is 330 g/mol. The van der Waals surface area contributed by atoms with E-state index in [1.54, 1.807) is 19.2 Å². The summed E-state index contributed by atoms with van der Waals surface area (Å²) >= 11 is 0. The fourth-order valence-electron chi connectivity index (χ4n) is 2.34. The summed E-state index contributed by atoms with van der Waals surface area (Å²) in [4.78, 5) is 12.4. The molecule has 0 fully saturated rings. The number of amides is 1. The lowest BCUT2D eigenvalue weighted by Crippen LogP contribution is -2.15. The predicted molar refractivity (Wildman–Crippen MR) is 101 cm³/mol. The fourth-order valence-corrected chi connectivity index (χ4v) is 2.34. The molecule has 2 aromatic carbocycles. The number of carbonyl (C=O) groups is 1. The molecule has 6 heteroatoms. The number of hydrogen-bond donors (Lipinski definition) is 2. The molecule has 2 N–H and O–H groups in total. The maximum absolute atomic E-state index is 12.4. The number of ether oxygens (including phenoxy) is 2. The fraction of sp³-hybridized carbons (Fsp3) is 0.200. The van der Waals surface area contributed by atoms with Crippen molar-refractivity contribution >= 4 is 17.3 Å². The average Bonchev–Trinajstić information content (AvgIpc) is 2.62. The number of nitriles is 1. The number of carbonyl (C=O) groups excluding carboxylic acids is 1. The molecule has 0 heterocycles. The predicted octanol–water partition coefficient (Wildman–Crippen LogP) is 3.78. The van der Waals surface area contributed by atoms with Gasteiger partial charge in [0.2, 0.25) is 0 Å². The molecule has 6 nitrogen and oxygen atoms in total. The summed E-state index contributed by atoms with van der Waals surface area (Å²) in [6.07, 6.45) is 1.36. The van der Waals surface area contributed by atoms with Crippen LogP contribution in [0.4, 0.5) is 11.4 Å². The Morgan fingerprint density at radius 2 is 1.54 bits per heavy atom. The molecule has 1 amide bonds. The van der Waals surface area contributed by atoms with Gasteiger partial charge in [0.15, 0.2) is 0 Å². The zero-order chi connectivity index (χ0) is 19.1. The van der Waals surface area contributed by atoms with Crippen molar-refractivity contribution in [1.82, 2.24) is 0 Å². The molecule has 0 aliphatic rings. The standard InChI is InChI=1S/C20H21N3O3/c1-13-5-7-18(25-3)16(9-13)22-12-15(11-21)20(24)23-17-10-14(2)6-8-19(17)26-4/h5-10,12,22H,1-4H3,(H,23,24)/b15-12-. The normalized spacial score (nSPS) is 10.7. The van der Waals surface area contributed by atoms with Crippen LogP contribution in [0.5, 0.6) is 11.5 Å². The lowest BCUT2D eigenvalue weighted by atomic mass is 10.2. The molecule has 0 unspecified atom stereocenters. The number of anilines is 2. The number of aryl methyl sites for hydroxylation is 2. The summed E-state index contributed by atoms with van der Waals surface area (Å²) in [6, 6.07) is 12.9. The van der Waals surface area contributed by atoms with Crippen molar-refractivity contribution in [2.24, 2.45) is 0 Å². The van der Waals surface area contributed by atoms with Crippen molar-refractivity contribution in [3.8, 4) is 17.6 Å². The molecule has 2 aromatic rings. The van der Waals surface area contributed by atoms with Gasteiger partial charge in [0.1, 0.15) is 23.1 Å². The highest BCUT2D eigenvalue weighted by Crippen LogP contribution is 2.27. The van der Waals surface area contributed by atoms with Crippen LogP contribution in [0.1, 0.15) is 11.1 Å². The molecule has 2 rings (SSSR count). The van der Waals surface area contributed by atoms with E-state index < -0.39 is 5.91 Å². The van der Waals surface area contributed by atoms with Gasteiger partial charge in [-0.15, -0.1) is 0 Å². The summed E-state index contributed by atoms with van der Waals surface area (Å²) in [5.41, 5.74) is 3.09. The van der Waals surface area contributed by atoms with Gasteiger partial charge < -0.3 is 20.1 Å². The molecule has 134 valence electrons.